The molecule has 0 rings (SSSR count). The first-order chi connectivity index (χ1) is 7.20. The summed E-state index contributed by atoms with van der Waals surface area (Å²) < 4.78 is 0. The van der Waals surface area contributed by atoms with Crippen molar-refractivity contribution in [2.75, 3.05) is 12.0 Å². The van der Waals surface area contributed by atoms with Gasteiger partial charge in [-0.3, -0.25) is 9.59 Å². The van der Waals surface area contributed by atoms with E-state index in [9.17, 15) is 9.59 Å². The van der Waals surface area contributed by atoms with Crippen molar-refractivity contribution in [1.82, 2.24) is 5.32 Å². The molecule has 0 saturated carbocycles. The third-order valence-corrected chi connectivity index (χ3v) is 3.01. The van der Waals surface area contributed by atoms with Gasteiger partial charge in [-0.1, -0.05) is 20.8 Å². The van der Waals surface area contributed by atoms with Crippen LogP contribution in [0.1, 0.15) is 27.7 Å². The van der Waals surface area contributed by atoms with Gasteiger partial charge in [0.2, 0.25) is 5.91 Å². The Balaban J connectivity index is 4.59. The summed E-state index contributed by atoms with van der Waals surface area (Å²) in [5.41, 5.74) is -0.574. The van der Waals surface area contributed by atoms with Crippen molar-refractivity contribution in [3.63, 3.8) is 0 Å². The van der Waals surface area contributed by atoms with Crippen LogP contribution in [0, 0.1) is 11.3 Å². The molecule has 0 heterocycles. The van der Waals surface area contributed by atoms with Crippen molar-refractivity contribution in [2.24, 2.45) is 11.3 Å². The summed E-state index contributed by atoms with van der Waals surface area (Å²) >= 11 is 1.62. The average Bonchev–Trinajstić information content (AvgIpc) is 1.99. The topological polar surface area (TPSA) is 66.4 Å². The molecule has 0 aliphatic rings. The van der Waals surface area contributed by atoms with Crippen LogP contribution in [-0.2, 0) is 9.59 Å². The number of aliphatic carboxylic acids is 1. The molecule has 0 aromatic carbocycles. The Morgan fingerprint density at radius 2 is 1.88 bits per heavy atom. The lowest BCUT2D eigenvalue weighted by atomic mass is 9.80. The predicted octanol–water partition coefficient (Wildman–Crippen LogP) is 1.60. The van der Waals surface area contributed by atoms with Crippen LogP contribution in [-0.4, -0.2) is 35.0 Å². The Labute approximate surface area is 101 Å². The molecule has 16 heavy (non-hydrogen) atoms. The monoisotopic (exact) mass is 247 g/mol. The second kappa shape index (κ2) is 6.13. The third kappa shape index (κ3) is 4.88. The zero-order valence-electron chi connectivity index (χ0n) is 10.5. The standard InChI is InChI=1S/C11H21NO3S/c1-7(6-16-5)12-9(13)8(10(14)15)11(2,3)4/h7-8H,6H2,1-5H3,(H,12,13)(H,14,15). The van der Waals surface area contributed by atoms with E-state index in [0.717, 1.165) is 5.75 Å². The molecular weight excluding hydrogens is 226 g/mol. The van der Waals surface area contributed by atoms with Gasteiger partial charge in [-0.15, -0.1) is 0 Å². The number of carboxylic acid groups (broad SMARTS) is 1. The van der Waals surface area contributed by atoms with Crippen molar-refractivity contribution in [3.8, 4) is 0 Å². The van der Waals surface area contributed by atoms with Crippen LogP contribution in [0.25, 0.3) is 0 Å². The molecule has 0 aliphatic heterocycles. The Kier molecular flexibility index (Phi) is 5.86. The van der Waals surface area contributed by atoms with E-state index in [1.54, 1.807) is 32.5 Å². The summed E-state index contributed by atoms with van der Waals surface area (Å²) in [6.07, 6.45) is 1.95. The van der Waals surface area contributed by atoms with Crippen molar-refractivity contribution < 1.29 is 14.7 Å². The molecule has 2 N–H and O–H groups in total. The molecule has 0 saturated heterocycles. The van der Waals surface area contributed by atoms with Crippen LogP contribution in [0.4, 0.5) is 0 Å². The van der Waals surface area contributed by atoms with Crippen LogP contribution in [0.3, 0.4) is 0 Å². The maximum Gasteiger partial charge on any atom is 0.316 e. The number of hydrogen-bond donors (Lipinski definition) is 2. The van der Waals surface area contributed by atoms with Gasteiger partial charge in [-0.25, -0.2) is 0 Å². The number of carbonyl (C=O) groups is 2. The van der Waals surface area contributed by atoms with Gasteiger partial charge in [0.1, 0.15) is 5.92 Å². The van der Waals surface area contributed by atoms with Gasteiger partial charge in [0.25, 0.3) is 0 Å². The van der Waals surface area contributed by atoms with Crippen molar-refractivity contribution in [3.05, 3.63) is 0 Å². The first-order valence-corrected chi connectivity index (χ1v) is 6.61. The minimum Gasteiger partial charge on any atom is -0.481 e. The highest BCUT2D eigenvalue weighted by Crippen LogP contribution is 2.26. The maximum absolute atomic E-state index is 11.8. The smallest absolute Gasteiger partial charge is 0.316 e. The Hall–Kier alpha value is -0.710. The zero-order chi connectivity index (χ0) is 12.9. The van der Waals surface area contributed by atoms with Crippen LogP contribution in [0.15, 0.2) is 0 Å². The highest BCUT2D eigenvalue weighted by Gasteiger charge is 2.37. The van der Waals surface area contributed by atoms with E-state index in [1.165, 1.54) is 0 Å². The second-order valence-electron chi connectivity index (χ2n) is 5.00. The molecule has 0 spiro atoms. The molecule has 4 nitrogen and oxygen atoms in total. The molecule has 0 fully saturated rings. The molecule has 2 unspecified atom stereocenters. The summed E-state index contributed by atoms with van der Waals surface area (Å²) in [6, 6.07) is -0.00769. The fourth-order valence-electron chi connectivity index (χ4n) is 1.49. The predicted molar refractivity (Wildman–Crippen MR) is 66.6 cm³/mol. The van der Waals surface area contributed by atoms with Gasteiger partial charge in [0.05, 0.1) is 0 Å². The maximum atomic E-state index is 11.8. The number of amides is 1. The molecule has 5 heteroatoms. The van der Waals surface area contributed by atoms with E-state index in [0.29, 0.717) is 0 Å². The van der Waals surface area contributed by atoms with Crippen LogP contribution in [0.5, 0.6) is 0 Å². The quantitative estimate of drug-likeness (QED) is 0.724. The zero-order valence-corrected chi connectivity index (χ0v) is 11.4. The Morgan fingerprint density at radius 1 is 1.38 bits per heavy atom. The number of carboxylic acids is 1. The first-order valence-electron chi connectivity index (χ1n) is 5.22. The lowest BCUT2D eigenvalue weighted by Crippen LogP contribution is -2.46. The van der Waals surface area contributed by atoms with Gasteiger partial charge in [0, 0.05) is 11.8 Å². The number of carbonyl (C=O) groups excluding carboxylic acids is 1. The van der Waals surface area contributed by atoms with Crippen LogP contribution >= 0.6 is 11.8 Å². The van der Waals surface area contributed by atoms with E-state index in [4.69, 9.17) is 5.11 Å². The minimum atomic E-state index is -1.07. The summed E-state index contributed by atoms with van der Waals surface area (Å²) in [4.78, 5) is 22.9. The Bertz CT molecular complexity index is 260. The number of thioether (sulfide) groups is 1. The van der Waals surface area contributed by atoms with Gasteiger partial charge in [-0.2, -0.15) is 11.8 Å². The first kappa shape index (κ1) is 15.3. The highest BCUT2D eigenvalue weighted by molar-refractivity contribution is 7.98. The fourth-order valence-corrected chi connectivity index (χ4v) is 2.08. The molecule has 0 aromatic heterocycles. The van der Waals surface area contributed by atoms with E-state index in [-0.39, 0.29) is 6.04 Å². The number of nitrogens with one attached hydrogen (secondary N) is 1. The SMILES string of the molecule is CSCC(C)NC(=O)C(C(=O)O)C(C)(C)C. The number of rotatable bonds is 5. The van der Waals surface area contributed by atoms with Gasteiger partial charge in [0.15, 0.2) is 0 Å². The summed E-state index contributed by atoms with van der Waals surface area (Å²) in [7, 11) is 0. The van der Waals surface area contributed by atoms with Gasteiger partial charge < -0.3 is 10.4 Å². The molecule has 0 aliphatic carbocycles. The molecular formula is C11H21NO3S. The van der Waals surface area contributed by atoms with E-state index in [1.807, 2.05) is 13.2 Å². The van der Waals surface area contributed by atoms with Crippen molar-refractivity contribution >= 4 is 23.6 Å². The molecule has 0 bridgehead atoms. The lowest BCUT2D eigenvalue weighted by Gasteiger charge is -2.27. The molecule has 2 atom stereocenters. The van der Waals surface area contributed by atoms with Gasteiger partial charge in [-0.05, 0) is 18.6 Å². The number of hydrogen-bond acceptors (Lipinski definition) is 3. The molecule has 94 valence electrons. The minimum absolute atomic E-state index is 0.00769. The lowest BCUT2D eigenvalue weighted by molar-refractivity contribution is -0.151. The summed E-state index contributed by atoms with van der Waals surface area (Å²) in [6.45, 7) is 7.13. The third-order valence-electron chi connectivity index (χ3n) is 2.18. The molecule has 1 amide bonds. The molecule has 0 aromatic rings. The van der Waals surface area contributed by atoms with E-state index in [2.05, 4.69) is 5.32 Å². The molecule has 0 radical (unpaired) electrons. The Morgan fingerprint density at radius 3 is 2.19 bits per heavy atom. The van der Waals surface area contributed by atoms with Crippen molar-refractivity contribution in [1.29, 1.82) is 0 Å². The van der Waals surface area contributed by atoms with Crippen LogP contribution in [0.2, 0.25) is 0 Å². The fraction of sp³-hybridized carbons (Fsp3) is 0.818. The van der Waals surface area contributed by atoms with Crippen LogP contribution < -0.4 is 5.32 Å². The van der Waals surface area contributed by atoms with E-state index < -0.39 is 23.2 Å². The second-order valence-corrected chi connectivity index (χ2v) is 5.91. The summed E-state index contributed by atoms with van der Waals surface area (Å²) in [5, 5.41) is 11.8. The van der Waals surface area contributed by atoms with Gasteiger partial charge >= 0.3 is 5.97 Å². The van der Waals surface area contributed by atoms with E-state index >= 15 is 0 Å². The van der Waals surface area contributed by atoms with Crippen molar-refractivity contribution in [2.45, 2.75) is 33.7 Å². The largest absolute Gasteiger partial charge is 0.481 e. The normalized spacial score (nSPS) is 15.3. The summed E-state index contributed by atoms with van der Waals surface area (Å²) in [5.74, 6) is -1.69. The highest BCUT2D eigenvalue weighted by atomic mass is 32.2. The average molecular weight is 247 g/mol.